The third kappa shape index (κ3) is 4.88. The molecule has 0 saturated heterocycles. The summed E-state index contributed by atoms with van der Waals surface area (Å²) in [5.74, 6) is 2.90. The average Bonchev–Trinajstić information content (AvgIpc) is 2.73. The fraction of sp³-hybridized carbons (Fsp3) is 0.211. The Morgan fingerprint density at radius 2 is 1.03 bits per heavy atom. The molecule has 0 unspecified atom stereocenters. The Labute approximate surface area is 173 Å². The summed E-state index contributed by atoms with van der Waals surface area (Å²) in [6.07, 6.45) is 0. The maximum atomic E-state index is 6.06. The Morgan fingerprint density at radius 3 is 1.41 bits per heavy atom. The van der Waals surface area contributed by atoms with Gasteiger partial charge < -0.3 is 29.6 Å². The topological polar surface area (TPSA) is 99.7 Å². The van der Waals surface area contributed by atoms with Crippen LogP contribution in [0.25, 0.3) is 0 Å². The fourth-order valence-electron chi connectivity index (χ4n) is 2.55. The monoisotopic (exact) mass is 417 g/mol. The highest BCUT2D eigenvalue weighted by atomic mass is 35.5. The second-order valence-corrected chi connectivity index (χ2v) is 5.98. The molecule has 0 aliphatic heterocycles. The molecule has 29 heavy (non-hydrogen) atoms. The van der Waals surface area contributed by atoms with Crippen LogP contribution in [0.2, 0.25) is 5.28 Å². The lowest BCUT2D eigenvalue weighted by molar-refractivity contribution is 0.355. The quantitative estimate of drug-likeness (QED) is 0.562. The molecule has 0 fully saturated rings. The maximum Gasteiger partial charge on any atom is 0.233 e. The van der Waals surface area contributed by atoms with Crippen molar-refractivity contribution in [3.63, 3.8) is 0 Å². The number of hydrogen-bond acceptors (Lipinski definition) is 9. The molecule has 0 bridgehead atoms. The molecule has 2 aromatic carbocycles. The minimum Gasteiger partial charge on any atom is -0.493 e. The van der Waals surface area contributed by atoms with E-state index in [2.05, 4.69) is 25.6 Å². The van der Waals surface area contributed by atoms with Crippen LogP contribution in [0.15, 0.2) is 36.4 Å². The number of hydrogen-bond donors (Lipinski definition) is 2. The molecule has 0 aliphatic carbocycles. The van der Waals surface area contributed by atoms with Crippen molar-refractivity contribution in [2.75, 3.05) is 39.1 Å². The molecule has 3 aromatic rings. The van der Waals surface area contributed by atoms with Crippen LogP contribution < -0.4 is 29.6 Å². The molecular weight excluding hydrogens is 398 g/mol. The van der Waals surface area contributed by atoms with Gasteiger partial charge in [-0.15, -0.1) is 0 Å². The lowest BCUT2D eigenvalue weighted by atomic mass is 10.2. The Hall–Kier alpha value is -3.46. The van der Waals surface area contributed by atoms with Gasteiger partial charge in [0.25, 0.3) is 0 Å². The molecule has 0 amide bonds. The fourth-order valence-corrected chi connectivity index (χ4v) is 2.71. The molecule has 0 spiro atoms. The van der Waals surface area contributed by atoms with E-state index in [0.29, 0.717) is 34.4 Å². The van der Waals surface area contributed by atoms with Gasteiger partial charge in [0.1, 0.15) is 0 Å². The predicted octanol–water partition coefficient (Wildman–Crippen LogP) is 4.05. The minimum absolute atomic E-state index is 0.0333. The molecule has 2 N–H and O–H groups in total. The Balaban J connectivity index is 1.83. The second kappa shape index (κ2) is 9.16. The third-order valence-corrected chi connectivity index (χ3v) is 4.06. The molecule has 152 valence electrons. The van der Waals surface area contributed by atoms with Gasteiger partial charge in [-0.2, -0.15) is 15.0 Å². The summed E-state index contributed by atoms with van der Waals surface area (Å²) in [6.45, 7) is 0. The second-order valence-electron chi connectivity index (χ2n) is 5.64. The molecule has 1 heterocycles. The molecule has 10 heteroatoms. The summed E-state index contributed by atoms with van der Waals surface area (Å²) in [4.78, 5) is 12.6. The Kier molecular flexibility index (Phi) is 6.40. The molecule has 0 saturated carbocycles. The zero-order valence-corrected chi connectivity index (χ0v) is 17.1. The number of aromatic nitrogens is 3. The van der Waals surface area contributed by atoms with Crippen LogP contribution >= 0.6 is 11.6 Å². The van der Waals surface area contributed by atoms with Gasteiger partial charge in [-0.05, 0) is 35.9 Å². The largest absolute Gasteiger partial charge is 0.493 e. The van der Waals surface area contributed by atoms with Crippen molar-refractivity contribution in [2.24, 2.45) is 0 Å². The van der Waals surface area contributed by atoms with Crippen molar-refractivity contribution in [1.29, 1.82) is 0 Å². The first-order valence-electron chi connectivity index (χ1n) is 8.46. The number of methoxy groups -OCH3 is 4. The van der Waals surface area contributed by atoms with Crippen molar-refractivity contribution in [3.8, 4) is 23.0 Å². The van der Waals surface area contributed by atoms with E-state index in [1.54, 1.807) is 64.8 Å². The molecule has 0 radical (unpaired) electrons. The van der Waals surface area contributed by atoms with E-state index < -0.39 is 0 Å². The molecule has 9 nitrogen and oxygen atoms in total. The van der Waals surface area contributed by atoms with Crippen LogP contribution in [-0.4, -0.2) is 43.4 Å². The molecule has 0 aliphatic rings. The summed E-state index contributed by atoms with van der Waals surface area (Å²) in [6, 6.07) is 10.7. The third-order valence-electron chi connectivity index (χ3n) is 3.89. The Bertz CT molecular complexity index is 927. The number of anilines is 4. The number of nitrogens with zero attached hydrogens (tertiary/aromatic N) is 3. The molecule has 3 rings (SSSR count). The zero-order chi connectivity index (χ0) is 20.8. The summed E-state index contributed by atoms with van der Waals surface area (Å²) in [5, 5.41) is 6.17. The lowest BCUT2D eigenvalue weighted by Crippen LogP contribution is -2.04. The van der Waals surface area contributed by atoms with Gasteiger partial charge in [0.2, 0.25) is 17.2 Å². The molecule has 0 atom stereocenters. The van der Waals surface area contributed by atoms with E-state index in [-0.39, 0.29) is 17.2 Å². The van der Waals surface area contributed by atoms with Crippen molar-refractivity contribution < 1.29 is 18.9 Å². The molecule has 1 aromatic heterocycles. The summed E-state index contributed by atoms with van der Waals surface area (Å²) >= 11 is 6.06. The predicted molar refractivity (Wildman–Crippen MR) is 110 cm³/mol. The van der Waals surface area contributed by atoms with E-state index in [4.69, 9.17) is 30.5 Å². The van der Waals surface area contributed by atoms with Gasteiger partial charge in [-0.3, -0.25) is 0 Å². The van der Waals surface area contributed by atoms with Crippen LogP contribution in [0.1, 0.15) is 0 Å². The van der Waals surface area contributed by atoms with Crippen molar-refractivity contribution >= 4 is 34.9 Å². The number of ether oxygens (including phenoxy) is 4. The van der Waals surface area contributed by atoms with Crippen LogP contribution in [0, 0.1) is 0 Å². The summed E-state index contributed by atoms with van der Waals surface area (Å²) < 4.78 is 21.1. The van der Waals surface area contributed by atoms with Crippen LogP contribution in [-0.2, 0) is 0 Å². The number of benzene rings is 2. The van der Waals surface area contributed by atoms with Gasteiger partial charge in [-0.1, -0.05) is 0 Å². The van der Waals surface area contributed by atoms with Gasteiger partial charge in [0, 0.05) is 23.5 Å². The number of rotatable bonds is 8. The van der Waals surface area contributed by atoms with E-state index in [9.17, 15) is 0 Å². The molecular formula is C19H20ClN5O4. The van der Waals surface area contributed by atoms with Gasteiger partial charge >= 0.3 is 0 Å². The van der Waals surface area contributed by atoms with Gasteiger partial charge in [0.15, 0.2) is 23.0 Å². The lowest BCUT2D eigenvalue weighted by Gasteiger charge is -2.12. The van der Waals surface area contributed by atoms with Crippen LogP contribution in [0.3, 0.4) is 0 Å². The van der Waals surface area contributed by atoms with Crippen molar-refractivity contribution in [2.45, 2.75) is 0 Å². The smallest absolute Gasteiger partial charge is 0.233 e. The first-order valence-corrected chi connectivity index (χ1v) is 8.83. The number of halogens is 1. The Morgan fingerprint density at radius 1 is 0.621 bits per heavy atom. The van der Waals surface area contributed by atoms with E-state index >= 15 is 0 Å². The van der Waals surface area contributed by atoms with Crippen LogP contribution in [0.5, 0.6) is 23.0 Å². The maximum absolute atomic E-state index is 6.06. The highest BCUT2D eigenvalue weighted by molar-refractivity contribution is 6.28. The highest BCUT2D eigenvalue weighted by Gasteiger charge is 2.10. The number of nitrogens with one attached hydrogen (secondary N) is 2. The first kappa shape index (κ1) is 20.3. The summed E-state index contributed by atoms with van der Waals surface area (Å²) in [5.41, 5.74) is 1.39. The van der Waals surface area contributed by atoms with Gasteiger partial charge in [0.05, 0.1) is 28.4 Å². The standard InChI is InChI=1S/C19H20ClN5O4/c1-26-13-7-5-11(9-15(13)28-3)21-18-23-17(20)24-19(25-18)22-12-6-8-14(27-2)16(10-12)29-4/h5-10H,1-4H3,(H2,21,22,23,24,25). The van der Waals surface area contributed by atoms with E-state index in [1.165, 1.54) is 0 Å². The average molecular weight is 418 g/mol. The summed E-state index contributed by atoms with van der Waals surface area (Å²) in [7, 11) is 6.27. The van der Waals surface area contributed by atoms with E-state index in [1.807, 2.05) is 0 Å². The van der Waals surface area contributed by atoms with Gasteiger partial charge in [-0.25, -0.2) is 0 Å². The highest BCUT2D eigenvalue weighted by Crippen LogP contribution is 2.32. The zero-order valence-electron chi connectivity index (χ0n) is 16.3. The normalized spacial score (nSPS) is 10.2. The first-order chi connectivity index (χ1) is 14.1. The SMILES string of the molecule is COc1ccc(Nc2nc(Cl)nc(Nc3ccc(OC)c(OC)c3)n2)cc1OC. The van der Waals surface area contributed by atoms with Crippen molar-refractivity contribution in [1.82, 2.24) is 15.0 Å². The van der Waals surface area contributed by atoms with E-state index in [0.717, 1.165) is 0 Å². The van der Waals surface area contributed by atoms with Crippen LogP contribution in [0.4, 0.5) is 23.3 Å². The minimum atomic E-state index is 0.0333. The van der Waals surface area contributed by atoms with Crippen molar-refractivity contribution in [3.05, 3.63) is 41.7 Å².